The molecule has 0 bridgehead atoms. The van der Waals surface area contributed by atoms with Gasteiger partial charge in [0.2, 0.25) is 5.95 Å². The summed E-state index contributed by atoms with van der Waals surface area (Å²) in [6.45, 7) is 3.67. The minimum absolute atomic E-state index is 0.403. The highest BCUT2D eigenvalue weighted by Gasteiger charge is 2.21. The molecule has 1 aliphatic carbocycles. The van der Waals surface area contributed by atoms with E-state index in [-0.39, 0.29) is 0 Å². The molecule has 0 spiro atoms. The van der Waals surface area contributed by atoms with Gasteiger partial charge in [-0.3, -0.25) is 0 Å². The van der Waals surface area contributed by atoms with Crippen LogP contribution >= 0.6 is 0 Å². The normalized spacial score (nSPS) is 21.7. The molecule has 1 aromatic heterocycles. The highest BCUT2D eigenvalue weighted by atomic mass is 16.5. The quantitative estimate of drug-likeness (QED) is 0.831. The van der Waals surface area contributed by atoms with E-state index in [4.69, 9.17) is 4.74 Å². The van der Waals surface area contributed by atoms with Crippen molar-refractivity contribution in [3.8, 4) is 5.69 Å². The number of benzene rings is 1. The summed E-state index contributed by atoms with van der Waals surface area (Å²) in [5.41, 5.74) is 0.942. The molecule has 1 N–H and O–H groups in total. The number of hydrogen-bond acceptors (Lipinski definition) is 5. The van der Waals surface area contributed by atoms with E-state index in [1.807, 2.05) is 30.3 Å². The Morgan fingerprint density at radius 3 is 2.86 bits per heavy atom. The summed E-state index contributed by atoms with van der Waals surface area (Å²) in [5, 5.41) is 15.0. The number of nitrogens with zero attached hydrogens (tertiary/aromatic N) is 4. The van der Waals surface area contributed by atoms with Gasteiger partial charge >= 0.3 is 0 Å². The number of tetrazole rings is 1. The Morgan fingerprint density at radius 2 is 2.05 bits per heavy atom. The van der Waals surface area contributed by atoms with Crippen molar-refractivity contribution in [3.05, 3.63) is 30.3 Å². The number of nitrogens with one attached hydrogen (secondary N) is 1. The SMILES string of the molecule is C[C@@H]1CCCC[C@@H]1OCCNc1nnnn1-c1ccccc1. The Hall–Kier alpha value is -1.95. The van der Waals surface area contributed by atoms with Crippen molar-refractivity contribution in [1.82, 2.24) is 20.2 Å². The third-order valence-corrected chi connectivity index (χ3v) is 4.22. The number of rotatable bonds is 6. The first-order valence-electron chi connectivity index (χ1n) is 8.04. The summed E-state index contributed by atoms with van der Waals surface area (Å²) in [5.74, 6) is 1.31. The largest absolute Gasteiger partial charge is 0.376 e. The molecule has 2 atom stereocenters. The van der Waals surface area contributed by atoms with E-state index in [1.54, 1.807) is 4.68 Å². The van der Waals surface area contributed by atoms with Gasteiger partial charge in [0.15, 0.2) is 0 Å². The van der Waals surface area contributed by atoms with Crippen molar-refractivity contribution in [1.29, 1.82) is 0 Å². The molecule has 1 aliphatic rings. The number of ether oxygens (including phenoxy) is 1. The van der Waals surface area contributed by atoms with E-state index < -0.39 is 0 Å². The van der Waals surface area contributed by atoms with Crippen molar-refractivity contribution < 1.29 is 4.74 Å². The third kappa shape index (κ3) is 3.62. The molecular weight excluding hydrogens is 278 g/mol. The molecule has 0 saturated heterocycles. The molecule has 6 heteroatoms. The van der Waals surface area contributed by atoms with Gasteiger partial charge in [0.25, 0.3) is 0 Å². The van der Waals surface area contributed by atoms with Gasteiger partial charge in [0.05, 0.1) is 18.4 Å². The van der Waals surface area contributed by atoms with E-state index >= 15 is 0 Å². The molecular formula is C16H23N5O. The second kappa shape index (κ2) is 7.35. The Kier molecular flexibility index (Phi) is 5.00. The Labute approximate surface area is 130 Å². The van der Waals surface area contributed by atoms with Crippen LogP contribution in [0.2, 0.25) is 0 Å². The third-order valence-electron chi connectivity index (χ3n) is 4.22. The first-order chi connectivity index (χ1) is 10.8. The summed E-state index contributed by atoms with van der Waals surface area (Å²) >= 11 is 0. The van der Waals surface area contributed by atoms with Crippen LogP contribution in [-0.2, 0) is 4.74 Å². The van der Waals surface area contributed by atoms with Crippen molar-refractivity contribution in [2.45, 2.75) is 38.7 Å². The van der Waals surface area contributed by atoms with Gasteiger partial charge < -0.3 is 10.1 Å². The molecule has 0 radical (unpaired) electrons. The smallest absolute Gasteiger partial charge is 0.247 e. The van der Waals surface area contributed by atoms with Crippen LogP contribution in [0.5, 0.6) is 0 Å². The summed E-state index contributed by atoms with van der Waals surface area (Å²) < 4.78 is 7.70. The molecule has 1 heterocycles. The molecule has 0 aliphatic heterocycles. The molecule has 0 amide bonds. The van der Waals surface area contributed by atoms with Gasteiger partial charge in [-0.2, -0.15) is 4.68 Å². The zero-order valence-electron chi connectivity index (χ0n) is 13.0. The fraction of sp³-hybridized carbons (Fsp3) is 0.562. The number of aromatic nitrogens is 4. The maximum absolute atomic E-state index is 6.00. The van der Waals surface area contributed by atoms with E-state index in [9.17, 15) is 0 Å². The van der Waals surface area contributed by atoms with Crippen molar-refractivity contribution >= 4 is 5.95 Å². The monoisotopic (exact) mass is 301 g/mol. The van der Waals surface area contributed by atoms with Gasteiger partial charge in [0, 0.05) is 6.54 Å². The van der Waals surface area contributed by atoms with Crippen LogP contribution in [0.4, 0.5) is 5.95 Å². The van der Waals surface area contributed by atoms with Crippen LogP contribution in [-0.4, -0.2) is 39.5 Å². The molecule has 1 aromatic carbocycles. The standard InChI is InChI=1S/C16H23N5O/c1-13-7-5-6-10-15(13)22-12-11-17-16-18-19-20-21(16)14-8-3-2-4-9-14/h2-4,8-9,13,15H,5-7,10-12H2,1H3,(H,17,18,20)/t13-,15+/m1/s1. The molecule has 1 saturated carbocycles. The maximum atomic E-state index is 6.00. The fourth-order valence-corrected chi connectivity index (χ4v) is 2.94. The van der Waals surface area contributed by atoms with Gasteiger partial charge in [-0.1, -0.05) is 43.1 Å². The predicted octanol–water partition coefficient (Wildman–Crippen LogP) is 2.67. The lowest BCUT2D eigenvalue weighted by Gasteiger charge is -2.28. The lowest BCUT2D eigenvalue weighted by atomic mass is 9.88. The van der Waals surface area contributed by atoms with Crippen molar-refractivity contribution in [3.63, 3.8) is 0 Å². The van der Waals surface area contributed by atoms with Gasteiger partial charge in [-0.15, -0.1) is 0 Å². The van der Waals surface area contributed by atoms with E-state index in [0.717, 1.165) is 5.69 Å². The van der Waals surface area contributed by atoms with E-state index in [1.165, 1.54) is 25.7 Å². The van der Waals surface area contributed by atoms with Gasteiger partial charge in [0.1, 0.15) is 0 Å². The Balaban J connectivity index is 1.49. The van der Waals surface area contributed by atoms with Crippen LogP contribution in [0, 0.1) is 5.92 Å². The minimum atomic E-state index is 0.403. The highest BCUT2D eigenvalue weighted by Crippen LogP contribution is 2.26. The van der Waals surface area contributed by atoms with Crippen LogP contribution in [0.1, 0.15) is 32.6 Å². The molecule has 3 rings (SSSR count). The Bertz CT molecular complexity index is 571. The predicted molar refractivity (Wildman–Crippen MR) is 85.0 cm³/mol. The summed E-state index contributed by atoms with van der Waals surface area (Å²) in [6.07, 6.45) is 5.49. The molecule has 0 unspecified atom stereocenters. The topological polar surface area (TPSA) is 64.9 Å². The zero-order valence-corrected chi connectivity index (χ0v) is 13.0. The fourth-order valence-electron chi connectivity index (χ4n) is 2.94. The average Bonchev–Trinajstić information content (AvgIpc) is 3.02. The Morgan fingerprint density at radius 1 is 1.23 bits per heavy atom. The van der Waals surface area contributed by atoms with Crippen molar-refractivity contribution in [2.75, 3.05) is 18.5 Å². The first kappa shape index (κ1) is 15.0. The van der Waals surface area contributed by atoms with Crippen LogP contribution in [0.15, 0.2) is 30.3 Å². The maximum Gasteiger partial charge on any atom is 0.247 e. The highest BCUT2D eigenvalue weighted by molar-refractivity contribution is 5.38. The van der Waals surface area contributed by atoms with Gasteiger partial charge in [-0.05, 0) is 41.3 Å². The van der Waals surface area contributed by atoms with Crippen LogP contribution in [0.3, 0.4) is 0 Å². The van der Waals surface area contributed by atoms with Crippen molar-refractivity contribution in [2.24, 2.45) is 5.92 Å². The zero-order chi connectivity index (χ0) is 15.2. The second-order valence-corrected chi connectivity index (χ2v) is 5.85. The second-order valence-electron chi connectivity index (χ2n) is 5.85. The first-order valence-corrected chi connectivity index (χ1v) is 8.04. The lowest BCUT2D eigenvalue weighted by molar-refractivity contribution is 0.000342. The van der Waals surface area contributed by atoms with Crippen LogP contribution in [0.25, 0.3) is 5.69 Å². The molecule has 22 heavy (non-hydrogen) atoms. The average molecular weight is 301 g/mol. The summed E-state index contributed by atoms with van der Waals surface area (Å²) in [4.78, 5) is 0. The number of anilines is 1. The molecule has 118 valence electrons. The lowest BCUT2D eigenvalue weighted by Crippen LogP contribution is -2.27. The number of hydrogen-bond donors (Lipinski definition) is 1. The van der Waals surface area contributed by atoms with E-state index in [2.05, 4.69) is 27.8 Å². The van der Waals surface area contributed by atoms with E-state index in [0.29, 0.717) is 31.1 Å². The van der Waals surface area contributed by atoms with Crippen LogP contribution < -0.4 is 5.32 Å². The molecule has 6 nitrogen and oxygen atoms in total. The van der Waals surface area contributed by atoms with Gasteiger partial charge in [-0.25, -0.2) is 0 Å². The number of para-hydroxylation sites is 1. The minimum Gasteiger partial charge on any atom is -0.376 e. The molecule has 2 aromatic rings. The summed E-state index contributed by atoms with van der Waals surface area (Å²) in [6, 6.07) is 9.85. The molecule has 1 fully saturated rings. The summed E-state index contributed by atoms with van der Waals surface area (Å²) in [7, 11) is 0.